The fourth-order valence-corrected chi connectivity index (χ4v) is 6.22. The maximum absolute atomic E-state index is 13.2. The largest absolute Gasteiger partial charge is 0.462 e. The second-order valence-electron chi connectivity index (χ2n) is 10.8. The van der Waals surface area contributed by atoms with E-state index in [1.807, 2.05) is 60.7 Å². The van der Waals surface area contributed by atoms with Crippen molar-refractivity contribution >= 4 is 23.1 Å². The van der Waals surface area contributed by atoms with E-state index in [1.54, 1.807) is 36.4 Å². The lowest BCUT2D eigenvalue weighted by Gasteiger charge is -2.11. The highest BCUT2D eigenvalue weighted by Crippen LogP contribution is 2.48. The van der Waals surface area contributed by atoms with Gasteiger partial charge in [0.25, 0.3) is 11.4 Å². The molecule has 2 aliphatic carbocycles. The molecule has 0 N–H and O–H groups in total. The summed E-state index contributed by atoms with van der Waals surface area (Å²) in [4.78, 5) is 33.2. The average Bonchev–Trinajstić information content (AvgIpc) is 3.62. The van der Waals surface area contributed by atoms with Crippen molar-refractivity contribution in [2.24, 2.45) is 0 Å². The van der Waals surface area contributed by atoms with Crippen LogP contribution >= 0.6 is 0 Å². The number of allylic oxidation sites excluding steroid dienone is 2. The molecule has 0 fully saturated rings. The molecule has 0 aromatic heterocycles. The maximum atomic E-state index is 13.2. The molecule has 4 aromatic carbocycles. The zero-order chi connectivity index (χ0) is 32.9. The number of carbonyl (C=O) groups excluding carboxylic acids is 2. The van der Waals surface area contributed by atoms with Crippen LogP contribution in [0.5, 0.6) is 0 Å². The van der Waals surface area contributed by atoms with Gasteiger partial charge in [-0.3, -0.25) is 0 Å². The molecular weight excluding hydrogens is 588 g/mol. The Morgan fingerprint density at radius 3 is 1.32 bits per heavy atom. The molecule has 0 amide bonds. The first-order valence-corrected chi connectivity index (χ1v) is 14.9. The van der Waals surface area contributed by atoms with Crippen molar-refractivity contribution < 1.29 is 19.1 Å². The predicted octanol–water partition coefficient (Wildman–Crippen LogP) is 8.24. The first-order chi connectivity index (χ1) is 23.0. The summed E-state index contributed by atoms with van der Waals surface area (Å²) in [5.74, 6) is -0.981. The SMILES string of the molecule is [C-]#[N+]C(C#N)=C1c2ccccc2-c2c(C(=O)OCCCCCOC(=O)c3cccc4c3-c3ccccc3C4=C(C#N)[N+]#[C-])cccc21. The van der Waals surface area contributed by atoms with E-state index >= 15 is 0 Å². The van der Waals surface area contributed by atoms with E-state index in [9.17, 15) is 20.1 Å². The Balaban J connectivity index is 1.07. The van der Waals surface area contributed by atoms with Crippen LogP contribution in [0.1, 0.15) is 62.2 Å². The number of fused-ring (bicyclic) bond motifs is 6. The van der Waals surface area contributed by atoms with Crippen molar-refractivity contribution in [1.29, 1.82) is 10.5 Å². The molecule has 0 radical (unpaired) electrons. The van der Waals surface area contributed by atoms with Crippen LogP contribution < -0.4 is 0 Å². The summed E-state index contributed by atoms with van der Waals surface area (Å²) in [5.41, 5.74) is 7.38. The lowest BCUT2D eigenvalue weighted by Crippen LogP contribution is -2.10. The minimum atomic E-state index is -0.491. The molecule has 0 heterocycles. The summed E-state index contributed by atoms with van der Waals surface area (Å²) in [5, 5.41) is 19.1. The smallest absolute Gasteiger partial charge is 0.338 e. The first kappa shape index (κ1) is 30.3. The van der Waals surface area contributed by atoms with Crippen molar-refractivity contribution in [1.82, 2.24) is 0 Å². The Hall–Kier alpha value is -6.74. The summed E-state index contributed by atoms with van der Waals surface area (Å²) in [6, 6.07) is 29.2. The van der Waals surface area contributed by atoms with Gasteiger partial charge in [0.2, 0.25) is 0 Å². The Morgan fingerprint density at radius 2 is 0.936 bits per heavy atom. The molecule has 0 saturated heterocycles. The molecule has 0 atom stereocenters. The second kappa shape index (κ2) is 13.1. The molecule has 0 unspecified atom stereocenters. The minimum absolute atomic E-state index is 0.0290. The van der Waals surface area contributed by atoms with E-state index in [-0.39, 0.29) is 24.6 Å². The fourth-order valence-electron chi connectivity index (χ4n) is 6.22. The third kappa shape index (κ3) is 5.32. The number of carbonyl (C=O) groups is 2. The third-order valence-electron chi connectivity index (χ3n) is 8.20. The van der Waals surface area contributed by atoms with Gasteiger partial charge < -0.3 is 9.47 Å². The van der Waals surface area contributed by atoms with Gasteiger partial charge in [0.1, 0.15) is 0 Å². The molecule has 2 aliphatic rings. The van der Waals surface area contributed by atoms with Crippen molar-refractivity contribution in [3.63, 3.8) is 0 Å². The normalized spacial score (nSPS) is 13.7. The number of rotatable bonds is 8. The van der Waals surface area contributed by atoms with Crippen LogP contribution in [-0.4, -0.2) is 25.2 Å². The summed E-state index contributed by atoms with van der Waals surface area (Å²) in [6.07, 6.45) is 1.78. The number of unbranched alkanes of at least 4 members (excludes halogenated alkanes) is 2. The van der Waals surface area contributed by atoms with Gasteiger partial charge in [-0.25, -0.2) is 29.8 Å². The van der Waals surface area contributed by atoms with Gasteiger partial charge in [0.15, 0.2) is 0 Å². The summed E-state index contributed by atoms with van der Waals surface area (Å²) in [7, 11) is 0. The van der Waals surface area contributed by atoms with E-state index in [0.29, 0.717) is 63.8 Å². The summed E-state index contributed by atoms with van der Waals surface area (Å²) >= 11 is 0. The van der Waals surface area contributed by atoms with Crippen molar-refractivity contribution in [3.05, 3.63) is 153 Å². The van der Waals surface area contributed by atoms with Crippen LogP contribution in [0.25, 0.3) is 43.1 Å². The number of ether oxygens (including phenoxy) is 2. The molecule has 0 bridgehead atoms. The van der Waals surface area contributed by atoms with Gasteiger partial charge in [0.05, 0.1) is 49.6 Å². The molecule has 47 heavy (non-hydrogen) atoms. The van der Waals surface area contributed by atoms with E-state index in [4.69, 9.17) is 22.6 Å². The lowest BCUT2D eigenvalue weighted by atomic mass is 9.99. The van der Waals surface area contributed by atoms with Gasteiger partial charge in [-0.05, 0) is 64.8 Å². The van der Waals surface area contributed by atoms with Crippen LogP contribution in [0.15, 0.2) is 96.3 Å². The number of hydrogen-bond donors (Lipinski definition) is 0. The Bertz CT molecular complexity index is 2030. The van der Waals surface area contributed by atoms with E-state index in [2.05, 4.69) is 9.69 Å². The van der Waals surface area contributed by atoms with Gasteiger partial charge in [-0.2, -0.15) is 0 Å². The van der Waals surface area contributed by atoms with Crippen molar-refractivity contribution in [2.45, 2.75) is 19.3 Å². The zero-order valence-corrected chi connectivity index (χ0v) is 25.0. The highest BCUT2D eigenvalue weighted by Gasteiger charge is 2.31. The fraction of sp³-hybridized carbons (Fsp3) is 0.128. The van der Waals surface area contributed by atoms with Crippen LogP contribution in [0.3, 0.4) is 0 Å². The van der Waals surface area contributed by atoms with Gasteiger partial charge in [-0.15, -0.1) is 0 Å². The Morgan fingerprint density at radius 1 is 0.553 bits per heavy atom. The van der Waals surface area contributed by atoms with Gasteiger partial charge >= 0.3 is 11.9 Å². The zero-order valence-electron chi connectivity index (χ0n) is 25.0. The highest BCUT2D eigenvalue weighted by molar-refractivity contribution is 6.11. The molecule has 8 nitrogen and oxygen atoms in total. The topological polar surface area (TPSA) is 109 Å². The molecule has 224 valence electrons. The molecule has 8 heteroatoms. The van der Waals surface area contributed by atoms with Gasteiger partial charge in [-0.1, -0.05) is 72.8 Å². The van der Waals surface area contributed by atoms with E-state index < -0.39 is 11.9 Å². The summed E-state index contributed by atoms with van der Waals surface area (Å²) < 4.78 is 11.2. The van der Waals surface area contributed by atoms with Crippen LogP contribution in [0.4, 0.5) is 0 Å². The number of nitrogens with zero attached hydrogens (tertiary/aromatic N) is 4. The van der Waals surface area contributed by atoms with Crippen molar-refractivity contribution in [2.75, 3.05) is 13.2 Å². The molecular formula is C39H24N4O4. The predicted molar refractivity (Wildman–Crippen MR) is 175 cm³/mol. The quantitative estimate of drug-likeness (QED) is 0.0741. The maximum Gasteiger partial charge on any atom is 0.338 e. The molecule has 4 aromatic rings. The first-order valence-electron chi connectivity index (χ1n) is 14.9. The minimum Gasteiger partial charge on any atom is -0.462 e. The van der Waals surface area contributed by atoms with Crippen LogP contribution in [0.2, 0.25) is 0 Å². The third-order valence-corrected chi connectivity index (χ3v) is 8.20. The molecule has 6 rings (SSSR count). The monoisotopic (exact) mass is 612 g/mol. The molecule has 0 spiro atoms. The average molecular weight is 613 g/mol. The number of esters is 2. The highest BCUT2D eigenvalue weighted by atomic mass is 16.5. The van der Waals surface area contributed by atoms with Gasteiger partial charge in [0, 0.05) is 22.3 Å². The molecule has 0 saturated carbocycles. The molecule has 0 aliphatic heterocycles. The lowest BCUT2D eigenvalue weighted by molar-refractivity contribution is 0.0479. The Kier molecular flexibility index (Phi) is 8.44. The number of benzene rings is 4. The van der Waals surface area contributed by atoms with E-state index in [0.717, 1.165) is 22.3 Å². The number of nitriles is 2. The van der Waals surface area contributed by atoms with Crippen molar-refractivity contribution in [3.8, 4) is 34.4 Å². The Labute approximate surface area is 271 Å². The van der Waals surface area contributed by atoms with Crippen LogP contribution in [-0.2, 0) is 9.47 Å². The second-order valence-corrected chi connectivity index (χ2v) is 10.8. The van der Waals surface area contributed by atoms with Crippen LogP contribution in [0, 0.1) is 35.8 Å². The summed E-state index contributed by atoms with van der Waals surface area (Å²) in [6.45, 7) is 15.3. The standard InChI is InChI=1S/C39H24N4O4/c1-42-32(22-40)36-26-14-6-4-12-24(26)34-28(36)16-10-18-30(34)38(44)46-20-8-3-9-21-47-39(45)31-19-11-17-29-35(31)25-13-5-7-15-27(25)37(29)33(23-41)43-2/h4-7,10-19H,3,8-9,20-21H2. The number of hydrogen-bond acceptors (Lipinski definition) is 6. The van der Waals surface area contributed by atoms with E-state index in [1.165, 1.54) is 0 Å².